The van der Waals surface area contributed by atoms with Crippen molar-refractivity contribution in [3.05, 3.63) is 98.1 Å². The van der Waals surface area contributed by atoms with E-state index in [-0.39, 0.29) is 5.84 Å². The van der Waals surface area contributed by atoms with Gasteiger partial charge < -0.3 is 15.6 Å². The topological polar surface area (TPSA) is 151 Å². The predicted octanol–water partition coefficient (Wildman–Crippen LogP) is 7.15. The van der Waals surface area contributed by atoms with Gasteiger partial charge in [0.2, 0.25) is 12.4 Å². The molecule has 0 radical (unpaired) electrons. The van der Waals surface area contributed by atoms with E-state index in [1.807, 2.05) is 87.9 Å². The van der Waals surface area contributed by atoms with Crippen molar-refractivity contribution in [3.63, 3.8) is 0 Å². The number of pyridine rings is 1. The Morgan fingerprint density at radius 1 is 0.881 bits per heavy atom. The van der Waals surface area contributed by atoms with Crippen molar-refractivity contribution >= 4 is 65.9 Å². The van der Waals surface area contributed by atoms with Crippen LogP contribution in [0.3, 0.4) is 0 Å². The van der Waals surface area contributed by atoms with Crippen molar-refractivity contribution in [3.8, 4) is 23.6 Å². The Balaban J connectivity index is 1.80. The third kappa shape index (κ3) is 5.77. The molecule has 0 saturated carbocycles. The number of nitrogens with zero attached hydrogens (tertiary/aromatic N) is 7. The van der Waals surface area contributed by atoms with E-state index in [4.69, 9.17) is 9.97 Å². The lowest BCUT2D eigenvalue weighted by Gasteiger charge is -2.21. The zero-order chi connectivity index (χ0) is 29.8. The highest BCUT2D eigenvalue weighted by Crippen LogP contribution is 2.36. The van der Waals surface area contributed by atoms with E-state index in [2.05, 4.69) is 62.4 Å². The fourth-order valence-electron chi connectivity index (χ4n) is 4.71. The lowest BCUT2D eigenvalue weighted by Crippen LogP contribution is -2.23. The van der Waals surface area contributed by atoms with Crippen LogP contribution < -0.4 is 10.6 Å². The van der Waals surface area contributed by atoms with Crippen molar-refractivity contribution in [2.45, 2.75) is 20.8 Å². The smallest absolute Gasteiger partial charge is 0.207 e. The number of aryl methyl sites for hydroxylation is 2. The number of nitriles is 2. The monoisotopic (exact) mass is 680 g/mol. The number of nitrogens with one attached hydrogen (secondary N) is 3. The van der Waals surface area contributed by atoms with Crippen LogP contribution in [-0.2, 0) is 0 Å². The highest BCUT2D eigenvalue weighted by molar-refractivity contribution is 9.10. The zero-order valence-electron chi connectivity index (χ0n) is 22.7. The number of aliphatic imine (C=N–C) groups is 2. The first kappa shape index (κ1) is 28.6. The van der Waals surface area contributed by atoms with Gasteiger partial charge in [0.15, 0.2) is 11.7 Å². The summed E-state index contributed by atoms with van der Waals surface area (Å²) < 4.78 is 1.73. The maximum atomic E-state index is 9.73. The Morgan fingerprint density at radius 2 is 1.50 bits per heavy atom. The Kier molecular flexibility index (Phi) is 8.38. The minimum Gasteiger partial charge on any atom is -0.346 e. The van der Waals surface area contributed by atoms with Gasteiger partial charge >= 0.3 is 0 Å². The number of halogens is 2. The molecule has 0 unspecified atom stereocenters. The van der Waals surface area contributed by atoms with Crippen molar-refractivity contribution in [2.75, 3.05) is 10.6 Å². The van der Waals surface area contributed by atoms with Crippen LogP contribution in [0.15, 0.2) is 80.0 Å². The van der Waals surface area contributed by atoms with Crippen LogP contribution in [0, 0.1) is 43.7 Å². The number of hydrogen-bond acceptors (Lipinski definition) is 7. The first-order valence-electron chi connectivity index (χ1n) is 12.6. The minimum absolute atomic E-state index is 0.263. The molecule has 10 nitrogen and oxygen atoms in total. The van der Waals surface area contributed by atoms with Gasteiger partial charge in [-0.15, -0.1) is 0 Å². The van der Waals surface area contributed by atoms with E-state index in [0.717, 1.165) is 31.3 Å². The molecule has 0 aliphatic rings. The maximum absolute atomic E-state index is 9.73. The van der Waals surface area contributed by atoms with Crippen LogP contribution in [0.1, 0.15) is 28.1 Å². The average Bonchev–Trinajstić information content (AvgIpc) is 3.34. The number of H-pyrrole nitrogens is 1. The van der Waals surface area contributed by atoms with Gasteiger partial charge in [0.1, 0.15) is 17.7 Å². The zero-order valence-corrected chi connectivity index (χ0v) is 25.8. The quantitative estimate of drug-likeness (QED) is 0.101. The molecule has 0 fully saturated rings. The third-order valence-corrected chi connectivity index (χ3v) is 7.47. The van der Waals surface area contributed by atoms with Gasteiger partial charge in [0.05, 0.1) is 5.69 Å². The van der Waals surface area contributed by atoms with Gasteiger partial charge in [0.25, 0.3) is 0 Å². The van der Waals surface area contributed by atoms with Gasteiger partial charge in [-0.05, 0) is 68.3 Å². The Morgan fingerprint density at radius 3 is 2.12 bits per heavy atom. The van der Waals surface area contributed by atoms with E-state index in [0.29, 0.717) is 45.3 Å². The highest BCUT2D eigenvalue weighted by atomic mass is 79.9. The molecule has 0 saturated heterocycles. The van der Waals surface area contributed by atoms with Crippen LogP contribution in [0.4, 0.5) is 11.4 Å². The third-order valence-electron chi connectivity index (χ3n) is 6.48. The Labute approximate surface area is 258 Å². The van der Waals surface area contributed by atoms with E-state index < -0.39 is 0 Å². The van der Waals surface area contributed by atoms with Gasteiger partial charge in [-0.3, -0.25) is 0 Å². The van der Waals surface area contributed by atoms with Crippen LogP contribution in [-0.4, -0.2) is 31.6 Å². The highest BCUT2D eigenvalue weighted by Gasteiger charge is 2.26. The van der Waals surface area contributed by atoms with E-state index in [1.54, 1.807) is 0 Å². The molecular formula is C30H22Br2N10. The molecule has 0 bridgehead atoms. The van der Waals surface area contributed by atoms with Gasteiger partial charge in [-0.25, -0.2) is 15.0 Å². The van der Waals surface area contributed by atoms with E-state index >= 15 is 0 Å². The molecule has 206 valence electrons. The van der Waals surface area contributed by atoms with Gasteiger partial charge in [-0.1, -0.05) is 44.0 Å². The summed E-state index contributed by atoms with van der Waals surface area (Å²) in [7, 11) is 0. The first-order chi connectivity index (χ1) is 20.3. The molecule has 0 spiro atoms. The summed E-state index contributed by atoms with van der Waals surface area (Å²) in [6.45, 7) is 5.68. The van der Waals surface area contributed by atoms with Crippen molar-refractivity contribution in [1.29, 1.82) is 10.5 Å². The largest absolute Gasteiger partial charge is 0.346 e. The number of anilines is 2. The maximum Gasteiger partial charge on any atom is 0.207 e. The molecule has 0 aliphatic carbocycles. The molecular weight excluding hydrogens is 660 g/mol. The molecule has 0 atom stereocenters. The summed E-state index contributed by atoms with van der Waals surface area (Å²) in [4.78, 5) is 25.5. The standard InChI is InChI=1S/C30H22Br2N10/c1-16-12-35-28-23(16)27(38-15-39-28)24-17(2)26(30(37-14-34)42-22-9-5-7-20(32)11-22)40-18(3)25(24)29(36-13-33)41-21-8-4-6-19(31)10-21/h4-12,15H,1-3H3,(H,36,41)(H,37,42)(H,35,38,39). The summed E-state index contributed by atoms with van der Waals surface area (Å²) in [5.41, 5.74) is 6.59. The second kappa shape index (κ2) is 12.3. The lowest BCUT2D eigenvalue weighted by molar-refractivity contribution is 1.12. The summed E-state index contributed by atoms with van der Waals surface area (Å²) in [5.74, 6) is 0.558. The van der Waals surface area contributed by atoms with E-state index in [9.17, 15) is 10.5 Å². The minimum atomic E-state index is 0.263. The van der Waals surface area contributed by atoms with Gasteiger partial charge in [-0.2, -0.15) is 20.5 Å². The lowest BCUT2D eigenvalue weighted by atomic mass is 9.93. The molecule has 3 N–H and O–H groups in total. The van der Waals surface area contributed by atoms with Crippen molar-refractivity contribution < 1.29 is 0 Å². The Hall–Kier alpha value is -4.91. The number of amidine groups is 2. The number of hydrogen-bond donors (Lipinski definition) is 3. The summed E-state index contributed by atoms with van der Waals surface area (Å²) in [5, 5.41) is 26.7. The molecule has 0 amide bonds. The molecule has 0 aliphatic heterocycles. The number of benzene rings is 2. The molecule has 2 aromatic carbocycles. The van der Waals surface area contributed by atoms with Crippen LogP contribution in [0.25, 0.3) is 22.3 Å². The molecule has 5 aromatic rings. The second-order valence-electron chi connectivity index (χ2n) is 9.23. The van der Waals surface area contributed by atoms with E-state index in [1.165, 1.54) is 6.33 Å². The predicted molar refractivity (Wildman–Crippen MR) is 171 cm³/mol. The summed E-state index contributed by atoms with van der Waals surface area (Å²) in [6.07, 6.45) is 7.18. The van der Waals surface area contributed by atoms with Gasteiger partial charge in [0, 0.05) is 48.7 Å². The molecule has 42 heavy (non-hydrogen) atoms. The normalized spacial score (nSPS) is 11.7. The molecule has 5 rings (SSSR count). The SMILES string of the molecule is Cc1nc(C(=NC#N)Nc2cccc(Br)c2)c(C)c(-c2ncnc3[nH]cc(C)c23)c1C(=NC#N)Nc1cccc(Br)c1. The Bertz CT molecular complexity index is 1980. The summed E-state index contributed by atoms with van der Waals surface area (Å²) in [6, 6.07) is 15.1. The second-order valence-corrected chi connectivity index (χ2v) is 11.1. The number of fused-ring (bicyclic) bond motifs is 1. The fourth-order valence-corrected chi connectivity index (χ4v) is 5.51. The number of aromatic nitrogens is 4. The molecule has 3 aromatic heterocycles. The first-order valence-corrected chi connectivity index (χ1v) is 14.2. The van der Waals surface area contributed by atoms with Crippen LogP contribution in [0.5, 0.6) is 0 Å². The van der Waals surface area contributed by atoms with Crippen molar-refractivity contribution in [2.24, 2.45) is 9.98 Å². The van der Waals surface area contributed by atoms with Crippen LogP contribution in [0.2, 0.25) is 0 Å². The van der Waals surface area contributed by atoms with Crippen LogP contribution >= 0.6 is 31.9 Å². The number of rotatable bonds is 5. The summed E-state index contributed by atoms with van der Waals surface area (Å²) >= 11 is 6.99. The molecule has 3 heterocycles. The number of aromatic amines is 1. The van der Waals surface area contributed by atoms with Crippen molar-refractivity contribution in [1.82, 2.24) is 19.9 Å². The molecule has 12 heteroatoms. The average molecular weight is 682 g/mol. The fraction of sp³-hybridized carbons (Fsp3) is 0.100.